The Morgan fingerprint density at radius 2 is 2.00 bits per heavy atom. The van der Waals surface area contributed by atoms with Gasteiger partial charge in [0.25, 0.3) is 0 Å². The van der Waals surface area contributed by atoms with Gasteiger partial charge in [-0.25, -0.2) is 0 Å². The van der Waals surface area contributed by atoms with Gasteiger partial charge in [0.05, 0.1) is 7.11 Å². The third kappa shape index (κ3) is 1.44. The molecule has 0 aromatic carbocycles. The van der Waals surface area contributed by atoms with Crippen LogP contribution in [0.5, 0.6) is 0 Å². The molecule has 2 aliphatic carbocycles. The van der Waals surface area contributed by atoms with Crippen LogP contribution >= 0.6 is 15.9 Å². The number of ether oxygens (including phenoxy) is 4. The molecule has 5 atom stereocenters. The van der Waals surface area contributed by atoms with E-state index in [9.17, 15) is 9.59 Å². The maximum Gasteiger partial charge on any atom is 0.329 e. The monoisotopic (exact) mass is 360 g/mol. The van der Waals surface area contributed by atoms with Crippen LogP contribution in [0.1, 0.15) is 6.42 Å². The van der Waals surface area contributed by atoms with E-state index >= 15 is 0 Å². The van der Waals surface area contributed by atoms with Gasteiger partial charge in [-0.1, -0.05) is 22.5 Å². The molecule has 0 amide bonds. The van der Waals surface area contributed by atoms with Crippen molar-refractivity contribution in [2.75, 3.05) is 21.3 Å². The van der Waals surface area contributed by atoms with Crippen molar-refractivity contribution in [3.63, 3.8) is 0 Å². The van der Waals surface area contributed by atoms with Crippen LogP contribution in [0.3, 0.4) is 0 Å². The Kier molecular flexibility index (Phi) is 3.24. The molecule has 0 aromatic rings. The summed E-state index contributed by atoms with van der Waals surface area (Å²) in [4.78, 5) is 24.8. The van der Waals surface area contributed by atoms with Gasteiger partial charge < -0.3 is 18.9 Å². The van der Waals surface area contributed by atoms with E-state index in [0.717, 1.165) is 5.57 Å². The van der Waals surface area contributed by atoms with Crippen molar-refractivity contribution in [2.45, 2.75) is 22.6 Å². The number of rotatable bonds is 3. The molecule has 2 unspecified atom stereocenters. The fourth-order valence-corrected chi connectivity index (χ4v) is 5.56. The molecule has 2 saturated carbocycles. The van der Waals surface area contributed by atoms with Gasteiger partial charge in [0.15, 0.2) is 4.32 Å². The third-order valence-corrected chi connectivity index (χ3v) is 6.49. The van der Waals surface area contributed by atoms with Crippen LogP contribution in [0.25, 0.3) is 0 Å². The fourth-order valence-electron chi connectivity index (χ4n) is 4.32. The summed E-state index contributed by atoms with van der Waals surface area (Å²) in [6.07, 6.45) is 0.158. The van der Waals surface area contributed by atoms with Crippen LogP contribution in [0.2, 0.25) is 0 Å². The fraction of sp³-hybridized carbons (Fsp3) is 0.714. The van der Waals surface area contributed by atoms with Crippen molar-refractivity contribution in [1.29, 1.82) is 0 Å². The van der Waals surface area contributed by atoms with Crippen molar-refractivity contribution < 1.29 is 28.5 Å². The van der Waals surface area contributed by atoms with Gasteiger partial charge in [-0.15, -0.1) is 0 Å². The van der Waals surface area contributed by atoms with Crippen molar-refractivity contribution in [3.8, 4) is 0 Å². The van der Waals surface area contributed by atoms with E-state index in [4.69, 9.17) is 18.9 Å². The molecule has 3 rings (SSSR count). The average Bonchev–Trinajstić information content (AvgIpc) is 3.01. The molecule has 0 bridgehead atoms. The molecule has 21 heavy (non-hydrogen) atoms. The van der Waals surface area contributed by atoms with Crippen LogP contribution in [-0.2, 0) is 28.5 Å². The Hall–Kier alpha value is -0.920. The number of alkyl halides is 1. The lowest BCUT2D eigenvalue weighted by Gasteiger charge is -2.39. The minimum absolute atomic E-state index is 0.180. The summed E-state index contributed by atoms with van der Waals surface area (Å²) in [6.45, 7) is 3.97. The quantitative estimate of drug-likeness (QED) is 0.324. The summed E-state index contributed by atoms with van der Waals surface area (Å²) < 4.78 is 20.3. The highest BCUT2D eigenvalue weighted by Crippen LogP contribution is 2.68. The molecule has 0 radical (unpaired) electrons. The van der Waals surface area contributed by atoms with Gasteiger partial charge in [0, 0.05) is 20.1 Å². The van der Waals surface area contributed by atoms with E-state index in [1.807, 2.05) is 0 Å². The predicted molar refractivity (Wildman–Crippen MR) is 74.5 cm³/mol. The van der Waals surface area contributed by atoms with Crippen LogP contribution < -0.4 is 0 Å². The average molecular weight is 361 g/mol. The topological polar surface area (TPSA) is 71.1 Å². The molecule has 116 valence electrons. The van der Waals surface area contributed by atoms with E-state index in [0.29, 0.717) is 6.42 Å². The van der Waals surface area contributed by atoms with Crippen molar-refractivity contribution in [2.24, 2.45) is 17.8 Å². The molecule has 0 N–H and O–H groups in total. The number of esters is 2. The van der Waals surface area contributed by atoms with Gasteiger partial charge in [-0.05, 0) is 17.9 Å². The maximum atomic E-state index is 12.5. The summed E-state index contributed by atoms with van der Waals surface area (Å²) in [5, 5.41) is 0. The van der Waals surface area contributed by atoms with Crippen molar-refractivity contribution in [3.05, 3.63) is 12.2 Å². The third-order valence-electron chi connectivity index (χ3n) is 5.08. The molecule has 1 heterocycles. The Bertz CT molecular complexity index is 528. The highest BCUT2D eigenvalue weighted by Gasteiger charge is 2.82. The predicted octanol–water partition coefficient (Wildman–Crippen LogP) is 1.03. The number of hydrogen-bond donors (Lipinski definition) is 0. The molecule has 3 aliphatic rings. The van der Waals surface area contributed by atoms with E-state index in [1.54, 1.807) is 0 Å². The summed E-state index contributed by atoms with van der Waals surface area (Å²) >= 11 is 3.49. The number of halogens is 1. The first-order valence-corrected chi connectivity index (χ1v) is 7.44. The summed E-state index contributed by atoms with van der Waals surface area (Å²) in [5.41, 5.74) is 0.814. The minimum Gasteiger partial charge on any atom is -0.469 e. The van der Waals surface area contributed by atoms with Crippen LogP contribution in [0.4, 0.5) is 0 Å². The number of carbonyl (C=O) groups excluding carboxylic acids is 2. The zero-order valence-electron chi connectivity index (χ0n) is 12.1. The second-order valence-corrected chi connectivity index (χ2v) is 6.92. The molecular weight excluding hydrogens is 344 g/mol. The lowest BCUT2D eigenvalue weighted by molar-refractivity contribution is -0.246. The van der Waals surface area contributed by atoms with Gasteiger partial charge in [0.1, 0.15) is 12.0 Å². The van der Waals surface area contributed by atoms with Crippen molar-refractivity contribution in [1.82, 2.24) is 0 Å². The van der Waals surface area contributed by atoms with Gasteiger partial charge in [-0.3, -0.25) is 9.59 Å². The zero-order valence-corrected chi connectivity index (χ0v) is 13.6. The molecule has 1 aliphatic heterocycles. The lowest BCUT2D eigenvalue weighted by Crippen LogP contribution is -2.59. The summed E-state index contributed by atoms with van der Waals surface area (Å²) in [5.74, 6) is -3.57. The number of carbonyl (C=O) groups is 2. The zero-order chi connectivity index (χ0) is 15.6. The van der Waals surface area contributed by atoms with Gasteiger partial charge >= 0.3 is 11.9 Å². The second-order valence-electron chi connectivity index (χ2n) is 5.67. The largest absolute Gasteiger partial charge is 0.469 e. The Balaban J connectivity index is 2.21. The van der Waals surface area contributed by atoms with Crippen LogP contribution in [-0.4, -0.2) is 49.5 Å². The van der Waals surface area contributed by atoms with Crippen LogP contribution in [0, 0.1) is 17.8 Å². The number of methoxy groups -OCH3 is 3. The normalized spacial score (nSPS) is 42.9. The van der Waals surface area contributed by atoms with E-state index < -0.39 is 34.1 Å². The highest BCUT2D eigenvalue weighted by atomic mass is 79.9. The maximum absolute atomic E-state index is 12.5. The molecule has 7 heteroatoms. The Morgan fingerprint density at radius 1 is 1.38 bits per heavy atom. The summed E-state index contributed by atoms with van der Waals surface area (Å²) in [6, 6.07) is 0. The molecule has 0 aromatic heterocycles. The SMILES string of the molecule is C=C1CC2C3[C@H]1OC(=O)[C@]3(Br)C(OC)(OC)[C@@H]2C(=O)OC. The van der Waals surface area contributed by atoms with E-state index in [-0.39, 0.29) is 11.8 Å². The first kappa shape index (κ1) is 15.0. The molecule has 1 saturated heterocycles. The molecular formula is C14H17BrO6. The first-order chi connectivity index (χ1) is 9.88. The standard InChI is InChI=1S/C14H17BrO6/c1-6-5-7-8-10(6)21-12(17)13(8,15)14(19-3,20-4)9(7)11(16)18-2/h7-10H,1,5H2,2-4H3/t7?,8?,9-,10-,13-/m0/s1. The Morgan fingerprint density at radius 3 is 2.52 bits per heavy atom. The van der Waals surface area contributed by atoms with Gasteiger partial charge in [0.2, 0.25) is 5.79 Å². The summed E-state index contributed by atoms with van der Waals surface area (Å²) in [7, 11) is 4.14. The van der Waals surface area contributed by atoms with E-state index in [2.05, 4.69) is 22.5 Å². The lowest BCUT2D eigenvalue weighted by atomic mass is 9.89. The minimum atomic E-state index is -1.46. The number of hydrogen-bond acceptors (Lipinski definition) is 6. The smallest absolute Gasteiger partial charge is 0.329 e. The Labute approximate surface area is 130 Å². The van der Waals surface area contributed by atoms with Crippen LogP contribution in [0.15, 0.2) is 12.2 Å². The highest BCUT2D eigenvalue weighted by molar-refractivity contribution is 9.10. The van der Waals surface area contributed by atoms with Gasteiger partial charge in [-0.2, -0.15) is 0 Å². The van der Waals surface area contributed by atoms with E-state index in [1.165, 1.54) is 21.3 Å². The molecule has 3 fully saturated rings. The first-order valence-electron chi connectivity index (χ1n) is 6.64. The molecule has 0 spiro atoms. The second kappa shape index (κ2) is 4.54. The molecule has 6 nitrogen and oxygen atoms in total. The van der Waals surface area contributed by atoms with Crippen molar-refractivity contribution >= 4 is 27.9 Å².